The fourth-order valence-electron chi connectivity index (χ4n) is 1.89. The summed E-state index contributed by atoms with van der Waals surface area (Å²) >= 11 is 0. The Morgan fingerprint density at radius 1 is 1.31 bits per heavy atom. The second-order valence-corrected chi connectivity index (χ2v) is 4.35. The summed E-state index contributed by atoms with van der Waals surface area (Å²) in [5.74, 6) is 0.689. The molecule has 2 nitrogen and oxygen atoms in total. The molecule has 0 fully saturated rings. The van der Waals surface area contributed by atoms with Crippen LogP contribution in [0.1, 0.15) is 43.6 Å². The minimum absolute atomic E-state index is 0.465. The van der Waals surface area contributed by atoms with E-state index in [1.54, 1.807) is 0 Å². The molecular weight excluding hydrogens is 200 g/mol. The summed E-state index contributed by atoms with van der Waals surface area (Å²) in [6.45, 7) is 4.17. The van der Waals surface area contributed by atoms with Gasteiger partial charge in [-0.25, -0.2) is 0 Å². The first kappa shape index (κ1) is 11.2. The second kappa shape index (κ2) is 4.71. The van der Waals surface area contributed by atoms with E-state index in [-0.39, 0.29) is 0 Å². The average molecular weight is 218 g/mol. The smallest absolute Gasteiger partial charge is 0.134 e. The third kappa shape index (κ3) is 2.27. The number of hydrogen-bond donors (Lipinski definition) is 1. The molecule has 2 rings (SSSR count). The number of rotatable bonds is 4. The quantitative estimate of drug-likeness (QED) is 0.842. The van der Waals surface area contributed by atoms with Crippen LogP contribution < -0.4 is 0 Å². The third-order valence-corrected chi connectivity index (χ3v) is 2.85. The zero-order valence-electron chi connectivity index (χ0n) is 9.86. The van der Waals surface area contributed by atoms with Crippen LogP contribution in [0.4, 0.5) is 0 Å². The van der Waals surface area contributed by atoms with Gasteiger partial charge in [-0.1, -0.05) is 31.4 Å². The molecule has 0 bridgehead atoms. The average Bonchev–Trinajstić information content (AvgIpc) is 2.68. The number of fused-ring (bicyclic) bond motifs is 1. The van der Waals surface area contributed by atoms with Crippen molar-refractivity contribution in [2.45, 2.75) is 39.2 Å². The van der Waals surface area contributed by atoms with Crippen molar-refractivity contribution in [3.63, 3.8) is 0 Å². The zero-order chi connectivity index (χ0) is 11.5. The highest BCUT2D eigenvalue weighted by molar-refractivity contribution is 5.78. The Bertz CT molecular complexity index is 471. The maximum atomic E-state index is 9.93. The largest absolute Gasteiger partial charge is 0.458 e. The predicted octanol–water partition coefficient (Wildman–Crippen LogP) is 3.96. The summed E-state index contributed by atoms with van der Waals surface area (Å²) in [6, 6.07) is 8.01. The van der Waals surface area contributed by atoms with Gasteiger partial charge in [0.1, 0.15) is 17.4 Å². The highest BCUT2D eigenvalue weighted by atomic mass is 16.4. The Hall–Kier alpha value is -1.28. The van der Waals surface area contributed by atoms with Gasteiger partial charge in [0.15, 0.2) is 0 Å². The molecule has 1 atom stereocenters. The molecule has 2 heteroatoms. The molecule has 1 aromatic carbocycles. The first-order chi connectivity index (χ1) is 7.70. The van der Waals surface area contributed by atoms with Crippen LogP contribution in [0.5, 0.6) is 0 Å². The lowest BCUT2D eigenvalue weighted by atomic mass is 10.1. The normalized spacial score (nSPS) is 13.2. The van der Waals surface area contributed by atoms with Crippen molar-refractivity contribution < 1.29 is 9.52 Å². The number of aliphatic hydroxyl groups is 1. The number of unbranched alkanes of at least 4 members (excludes halogenated alkanes) is 1. The number of aryl methyl sites for hydroxylation is 1. The van der Waals surface area contributed by atoms with Gasteiger partial charge in [0.05, 0.1) is 0 Å². The molecule has 0 aliphatic heterocycles. The van der Waals surface area contributed by atoms with Gasteiger partial charge in [-0.3, -0.25) is 0 Å². The molecule has 0 spiro atoms. The number of aliphatic hydroxyl groups excluding tert-OH is 1. The van der Waals surface area contributed by atoms with E-state index in [1.165, 1.54) is 5.56 Å². The lowest BCUT2D eigenvalue weighted by Gasteiger charge is -2.05. The molecule has 2 aromatic rings. The van der Waals surface area contributed by atoms with Crippen LogP contribution in [0.15, 0.2) is 28.7 Å². The number of benzene rings is 1. The Morgan fingerprint density at radius 3 is 2.88 bits per heavy atom. The maximum Gasteiger partial charge on any atom is 0.134 e. The van der Waals surface area contributed by atoms with Gasteiger partial charge in [0.25, 0.3) is 0 Å². The molecule has 86 valence electrons. The summed E-state index contributed by atoms with van der Waals surface area (Å²) in [6.07, 6.45) is 2.43. The monoisotopic (exact) mass is 218 g/mol. The molecule has 1 N–H and O–H groups in total. The Balaban J connectivity index is 2.25. The predicted molar refractivity (Wildman–Crippen MR) is 65.4 cm³/mol. The molecular formula is C14H18O2. The Kier molecular flexibility index (Phi) is 3.30. The molecule has 1 heterocycles. The zero-order valence-corrected chi connectivity index (χ0v) is 9.86. The van der Waals surface area contributed by atoms with Crippen LogP contribution in [0.25, 0.3) is 11.0 Å². The second-order valence-electron chi connectivity index (χ2n) is 4.35. The van der Waals surface area contributed by atoms with Crippen LogP contribution in [0.2, 0.25) is 0 Å². The highest BCUT2D eigenvalue weighted by Crippen LogP contribution is 2.27. The Labute approximate surface area is 95.9 Å². The SMILES string of the molecule is CCCCC(O)c1cc2cc(C)ccc2o1. The van der Waals surface area contributed by atoms with E-state index >= 15 is 0 Å². The molecule has 1 aromatic heterocycles. The first-order valence-electron chi connectivity index (χ1n) is 5.89. The molecule has 1 unspecified atom stereocenters. The van der Waals surface area contributed by atoms with E-state index in [0.717, 1.165) is 30.2 Å². The van der Waals surface area contributed by atoms with Gasteiger partial charge in [0.2, 0.25) is 0 Å². The molecule has 0 aliphatic carbocycles. The van der Waals surface area contributed by atoms with Crippen molar-refractivity contribution in [1.82, 2.24) is 0 Å². The third-order valence-electron chi connectivity index (χ3n) is 2.85. The van der Waals surface area contributed by atoms with Gasteiger partial charge in [0, 0.05) is 5.39 Å². The van der Waals surface area contributed by atoms with Gasteiger partial charge >= 0.3 is 0 Å². The fraction of sp³-hybridized carbons (Fsp3) is 0.429. The Morgan fingerprint density at radius 2 is 2.12 bits per heavy atom. The van der Waals surface area contributed by atoms with Crippen molar-refractivity contribution in [3.05, 3.63) is 35.6 Å². The van der Waals surface area contributed by atoms with E-state index in [9.17, 15) is 5.11 Å². The molecule has 0 radical (unpaired) electrons. The van der Waals surface area contributed by atoms with Crippen LogP contribution in [0.3, 0.4) is 0 Å². The summed E-state index contributed by atoms with van der Waals surface area (Å²) in [7, 11) is 0. The van der Waals surface area contributed by atoms with Gasteiger partial charge in [-0.15, -0.1) is 0 Å². The van der Waals surface area contributed by atoms with Gasteiger partial charge in [-0.2, -0.15) is 0 Å². The van der Waals surface area contributed by atoms with Crippen molar-refractivity contribution >= 4 is 11.0 Å². The van der Waals surface area contributed by atoms with E-state index in [0.29, 0.717) is 5.76 Å². The van der Waals surface area contributed by atoms with E-state index in [1.807, 2.05) is 18.2 Å². The van der Waals surface area contributed by atoms with Crippen LogP contribution in [-0.4, -0.2) is 5.11 Å². The minimum atomic E-state index is -0.465. The standard InChI is InChI=1S/C14H18O2/c1-3-4-5-12(15)14-9-11-8-10(2)6-7-13(11)16-14/h6-9,12,15H,3-5H2,1-2H3. The fourth-order valence-corrected chi connectivity index (χ4v) is 1.89. The van der Waals surface area contributed by atoms with Gasteiger partial charge < -0.3 is 9.52 Å². The van der Waals surface area contributed by atoms with Crippen LogP contribution >= 0.6 is 0 Å². The summed E-state index contributed by atoms with van der Waals surface area (Å²) < 4.78 is 5.63. The summed E-state index contributed by atoms with van der Waals surface area (Å²) in [4.78, 5) is 0. The van der Waals surface area contributed by atoms with Crippen LogP contribution in [-0.2, 0) is 0 Å². The van der Waals surface area contributed by atoms with Crippen molar-refractivity contribution in [2.75, 3.05) is 0 Å². The van der Waals surface area contributed by atoms with Crippen molar-refractivity contribution in [1.29, 1.82) is 0 Å². The lowest BCUT2D eigenvalue weighted by molar-refractivity contribution is 0.140. The van der Waals surface area contributed by atoms with E-state index < -0.39 is 6.10 Å². The first-order valence-corrected chi connectivity index (χ1v) is 5.89. The highest BCUT2D eigenvalue weighted by Gasteiger charge is 2.12. The minimum Gasteiger partial charge on any atom is -0.458 e. The van der Waals surface area contributed by atoms with Crippen molar-refractivity contribution in [2.24, 2.45) is 0 Å². The summed E-state index contributed by atoms with van der Waals surface area (Å²) in [5.41, 5.74) is 2.07. The topological polar surface area (TPSA) is 33.4 Å². The molecule has 0 amide bonds. The maximum absolute atomic E-state index is 9.93. The number of furan rings is 1. The molecule has 0 saturated carbocycles. The number of hydrogen-bond acceptors (Lipinski definition) is 2. The lowest BCUT2D eigenvalue weighted by Crippen LogP contribution is -1.94. The van der Waals surface area contributed by atoms with Gasteiger partial charge in [-0.05, 0) is 31.5 Å². The van der Waals surface area contributed by atoms with E-state index in [2.05, 4.69) is 19.9 Å². The molecule has 0 saturated heterocycles. The van der Waals surface area contributed by atoms with E-state index in [4.69, 9.17) is 4.42 Å². The summed E-state index contributed by atoms with van der Waals surface area (Å²) in [5, 5.41) is 11.0. The molecule has 16 heavy (non-hydrogen) atoms. The van der Waals surface area contributed by atoms with Crippen molar-refractivity contribution in [3.8, 4) is 0 Å². The molecule has 0 aliphatic rings. The van der Waals surface area contributed by atoms with Crippen LogP contribution in [0, 0.1) is 6.92 Å².